The van der Waals surface area contributed by atoms with Gasteiger partial charge in [-0.3, -0.25) is 0 Å². The van der Waals surface area contributed by atoms with Gasteiger partial charge in [0.15, 0.2) is 0 Å². The van der Waals surface area contributed by atoms with Gasteiger partial charge in [-0.25, -0.2) is 4.79 Å². The van der Waals surface area contributed by atoms with Gasteiger partial charge >= 0.3 is 5.97 Å². The second kappa shape index (κ2) is 5.06. The van der Waals surface area contributed by atoms with Crippen LogP contribution in [-0.4, -0.2) is 49.2 Å². The molecule has 2 rings (SSSR count). The summed E-state index contributed by atoms with van der Waals surface area (Å²) in [6.45, 7) is 2.14. The van der Waals surface area contributed by atoms with Crippen LogP contribution in [0.4, 0.5) is 5.00 Å². The van der Waals surface area contributed by atoms with Crippen molar-refractivity contribution in [2.45, 2.75) is 18.9 Å². The van der Waals surface area contributed by atoms with Gasteiger partial charge in [0.2, 0.25) is 0 Å². The van der Waals surface area contributed by atoms with Gasteiger partial charge in [0, 0.05) is 19.6 Å². The minimum atomic E-state index is -0.840. The first-order valence-corrected chi connectivity index (χ1v) is 6.64. The highest BCUT2D eigenvalue weighted by atomic mass is 32.1. The molecule has 1 aliphatic heterocycles. The van der Waals surface area contributed by atoms with Crippen LogP contribution in [0.3, 0.4) is 0 Å². The van der Waals surface area contributed by atoms with E-state index < -0.39 is 5.97 Å². The van der Waals surface area contributed by atoms with Gasteiger partial charge in [0.05, 0.1) is 5.00 Å². The van der Waals surface area contributed by atoms with Crippen LogP contribution in [0.25, 0.3) is 0 Å². The van der Waals surface area contributed by atoms with E-state index in [0.717, 1.165) is 11.5 Å². The van der Waals surface area contributed by atoms with E-state index in [0.29, 0.717) is 10.9 Å². The summed E-state index contributed by atoms with van der Waals surface area (Å²) < 4.78 is 0. The lowest BCUT2D eigenvalue weighted by atomic mass is 10.2. The number of hydrogen-bond acceptors (Lipinski definition) is 4. The Bertz CT molecular complexity index is 405. The Kier molecular flexibility index (Phi) is 3.69. The zero-order chi connectivity index (χ0) is 12.4. The van der Waals surface area contributed by atoms with Gasteiger partial charge in [-0.1, -0.05) is 0 Å². The Balaban J connectivity index is 1.98. The molecule has 17 heavy (non-hydrogen) atoms. The molecule has 2 heterocycles. The number of nitrogens with zero attached hydrogens (tertiary/aromatic N) is 2. The van der Waals surface area contributed by atoms with Crippen molar-refractivity contribution in [2.24, 2.45) is 0 Å². The quantitative estimate of drug-likeness (QED) is 0.892. The van der Waals surface area contributed by atoms with Crippen LogP contribution >= 0.6 is 11.3 Å². The Labute approximate surface area is 105 Å². The Hall–Kier alpha value is -1.07. The maximum Gasteiger partial charge on any atom is 0.345 e. The molecule has 1 unspecified atom stereocenters. The maximum atomic E-state index is 10.8. The summed E-state index contributed by atoms with van der Waals surface area (Å²) in [5.41, 5.74) is 0. The summed E-state index contributed by atoms with van der Waals surface area (Å²) in [5.74, 6) is -0.840. The second-order valence-electron chi connectivity index (χ2n) is 4.60. The maximum absolute atomic E-state index is 10.8. The van der Waals surface area contributed by atoms with E-state index in [2.05, 4.69) is 16.8 Å². The molecule has 0 amide bonds. The molecule has 0 bridgehead atoms. The lowest BCUT2D eigenvalue weighted by Crippen LogP contribution is -2.36. The van der Waals surface area contributed by atoms with Crippen molar-refractivity contribution in [3.63, 3.8) is 0 Å². The number of aromatic carboxylic acids is 1. The molecule has 1 fully saturated rings. The molecule has 0 radical (unpaired) electrons. The summed E-state index contributed by atoms with van der Waals surface area (Å²) in [4.78, 5) is 15.8. The molecule has 1 aromatic rings. The summed E-state index contributed by atoms with van der Waals surface area (Å²) in [5, 5.41) is 9.92. The molecule has 1 saturated heterocycles. The van der Waals surface area contributed by atoms with E-state index in [9.17, 15) is 4.79 Å². The SMILES string of the molecule is CN(CC1CCCN1C)c1ccc(C(=O)O)s1. The predicted molar refractivity (Wildman–Crippen MR) is 70.2 cm³/mol. The topological polar surface area (TPSA) is 43.8 Å². The fourth-order valence-electron chi connectivity index (χ4n) is 2.26. The standard InChI is InChI=1S/C12H18N2O2S/c1-13-7-3-4-9(13)8-14(2)11-6-5-10(17-11)12(15)16/h5-6,9H,3-4,7-8H2,1-2H3,(H,15,16). The molecule has 0 saturated carbocycles. The average molecular weight is 254 g/mol. The van der Waals surface area contributed by atoms with Crippen molar-refractivity contribution in [3.05, 3.63) is 17.0 Å². The third-order valence-electron chi connectivity index (χ3n) is 3.33. The molecule has 1 atom stereocenters. The molecule has 0 aliphatic carbocycles. The van der Waals surface area contributed by atoms with Crippen molar-refractivity contribution in [3.8, 4) is 0 Å². The molecule has 94 valence electrons. The molecule has 1 aromatic heterocycles. The molecule has 5 heteroatoms. The first-order valence-electron chi connectivity index (χ1n) is 5.82. The number of thiophene rings is 1. The van der Waals surface area contributed by atoms with Gasteiger partial charge in [0.1, 0.15) is 4.88 Å². The number of rotatable bonds is 4. The van der Waals surface area contributed by atoms with E-state index in [1.54, 1.807) is 6.07 Å². The Morgan fingerprint density at radius 3 is 2.94 bits per heavy atom. The highest BCUT2D eigenvalue weighted by molar-refractivity contribution is 7.17. The number of carbonyl (C=O) groups is 1. The number of carboxylic acid groups (broad SMARTS) is 1. The van der Waals surface area contributed by atoms with Gasteiger partial charge in [-0.2, -0.15) is 0 Å². The van der Waals surface area contributed by atoms with Crippen LogP contribution in [0.5, 0.6) is 0 Å². The molecular weight excluding hydrogens is 236 g/mol. The van der Waals surface area contributed by atoms with Gasteiger partial charge in [-0.05, 0) is 38.6 Å². The van der Waals surface area contributed by atoms with Crippen molar-refractivity contribution in [1.29, 1.82) is 0 Å². The van der Waals surface area contributed by atoms with Crippen molar-refractivity contribution in [1.82, 2.24) is 4.90 Å². The fraction of sp³-hybridized carbons (Fsp3) is 0.583. The van der Waals surface area contributed by atoms with Crippen LogP contribution in [0, 0.1) is 0 Å². The average Bonchev–Trinajstić information content (AvgIpc) is 2.88. The van der Waals surface area contributed by atoms with Crippen molar-refractivity contribution < 1.29 is 9.90 Å². The van der Waals surface area contributed by atoms with E-state index in [1.807, 2.05) is 13.1 Å². The summed E-state index contributed by atoms with van der Waals surface area (Å²) >= 11 is 1.34. The van der Waals surface area contributed by atoms with E-state index in [4.69, 9.17) is 5.11 Å². The molecule has 0 spiro atoms. The molecule has 0 aromatic carbocycles. The smallest absolute Gasteiger partial charge is 0.345 e. The second-order valence-corrected chi connectivity index (χ2v) is 5.66. The molecule has 4 nitrogen and oxygen atoms in total. The fourth-order valence-corrected chi connectivity index (χ4v) is 3.08. The summed E-state index contributed by atoms with van der Waals surface area (Å²) in [6.07, 6.45) is 2.50. The van der Waals surface area contributed by atoms with Crippen LogP contribution in [-0.2, 0) is 0 Å². The number of hydrogen-bond donors (Lipinski definition) is 1. The van der Waals surface area contributed by atoms with Crippen LogP contribution < -0.4 is 4.90 Å². The van der Waals surface area contributed by atoms with E-state index in [-0.39, 0.29) is 0 Å². The zero-order valence-corrected chi connectivity index (χ0v) is 11.0. The zero-order valence-electron chi connectivity index (χ0n) is 10.2. The largest absolute Gasteiger partial charge is 0.477 e. The minimum absolute atomic E-state index is 0.409. The van der Waals surface area contributed by atoms with E-state index >= 15 is 0 Å². The normalized spacial score (nSPS) is 20.7. The number of carboxylic acids is 1. The van der Waals surface area contributed by atoms with Crippen molar-refractivity contribution >= 4 is 22.3 Å². The number of anilines is 1. The first-order chi connectivity index (χ1) is 8.08. The van der Waals surface area contributed by atoms with Crippen LogP contribution in [0.15, 0.2) is 12.1 Å². The third kappa shape index (κ3) is 2.79. The monoisotopic (exact) mass is 254 g/mol. The van der Waals surface area contributed by atoms with Gasteiger partial charge < -0.3 is 14.9 Å². The molecule has 1 aliphatic rings. The minimum Gasteiger partial charge on any atom is -0.477 e. The van der Waals surface area contributed by atoms with Gasteiger partial charge in [-0.15, -0.1) is 11.3 Å². The highest BCUT2D eigenvalue weighted by Crippen LogP contribution is 2.26. The predicted octanol–water partition coefficient (Wildman–Crippen LogP) is 1.98. The highest BCUT2D eigenvalue weighted by Gasteiger charge is 2.22. The van der Waals surface area contributed by atoms with Crippen LogP contribution in [0.1, 0.15) is 22.5 Å². The lowest BCUT2D eigenvalue weighted by molar-refractivity contribution is 0.0702. The van der Waals surface area contributed by atoms with Gasteiger partial charge in [0.25, 0.3) is 0 Å². The molecular formula is C12H18N2O2S. The number of likely N-dealkylation sites (tertiary alicyclic amines) is 1. The Morgan fingerprint density at radius 1 is 1.65 bits per heavy atom. The summed E-state index contributed by atoms with van der Waals surface area (Å²) in [6, 6.07) is 4.16. The first kappa shape index (κ1) is 12.4. The lowest BCUT2D eigenvalue weighted by Gasteiger charge is -2.26. The number of likely N-dealkylation sites (N-methyl/N-ethyl adjacent to an activating group) is 2. The third-order valence-corrected chi connectivity index (χ3v) is 4.52. The van der Waals surface area contributed by atoms with Crippen molar-refractivity contribution in [2.75, 3.05) is 32.1 Å². The molecule has 1 N–H and O–H groups in total. The van der Waals surface area contributed by atoms with Crippen LogP contribution in [0.2, 0.25) is 0 Å². The summed E-state index contributed by atoms with van der Waals surface area (Å²) in [7, 11) is 4.19. The Morgan fingerprint density at radius 2 is 2.41 bits per heavy atom. The van der Waals surface area contributed by atoms with E-state index in [1.165, 1.54) is 30.7 Å².